The second kappa shape index (κ2) is 9.90. The van der Waals surface area contributed by atoms with Gasteiger partial charge in [-0.2, -0.15) is 0 Å². The molecule has 28 heavy (non-hydrogen) atoms. The minimum Gasteiger partial charge on any atom is -0.494 e. The lowest BCUT2D eigenvalue weighted by atomic mass is 9.99. The van der Waals surface area contributed by atoms with Crippen molar-refractivity contribution in [3.05, 3.63) is 65.7 Å². The molecule has 0 bridgehead atoms. The predicted octanol–water partition coefficient (Wildman–Crippen LogP) is 2.39. The van der Waals surface area contributed by atoms with Crippen LogP contribution >= 0.6 is 0 Å². The minimum atomic E-state index is -0.740. The van der Waals surface area contributed by atoms with Crippen LogP contribution in [0.25, 0.3) is 0 Å². The molecule has 2 aromatic carbocycles. The van der Waals surface area contributed by atoms with E-state index in [4.69, 9.17) is 9.47 Å². The Balaban J connectivity index is 1.54. The summed E-state index contributed by atoms with van der Waals surface area (Å²) in [7, 11) is 0. The zero-order chi connectivity index (χ0) is 19.8. The molecule has 2 aromatic rings. The molecule has 6 heteroatoms. The quantitative estimate of drug-likeness (QED) is 0.688. The van der Waals surface area contributed by atoms with Crippen molar-refractivity contribution in [1.29, 1.82) is 0 Å². The first kappa shape index (κ1) is 19.9. The van der Waals surface area contributed by atoms with E-state index in [1.54, 1.807) is 0 Å². The van der Waals surface area contributed by atoms with Gasteiger partial charge in [0.15, 0.2) is 6.10 Å². The number of amides is 2. The fraction of sp³-hybridized carbons (Fsp3) is 0.364. The van der Waals surface area contributed by atoms with Gasteiger partial charge in [-0.15, -0.1) is 0 Å². The zero-order valence-corrected chi connectivity index (χ0v) is 16.0. The average Bonchev–Trinajstić information content (AvgIpc) is 2.73. The summed E-state index contributed by atoms with van der Waals surface area (Å²) in [5, 5.41) is 5.79. The van der Waals surface area contributed by atoms with E-state index in [2.05, 4.69) is 10.6 Å². The fourth-order valence-corrected chi connectivity index (χ4v) is 3.30. The van der Waals surface area contributed by atoms with E-state index in [9.17, 15) is 9.59 Å². The molecule has 1 fully saturated rings. The normalized spacial score (nSPS) is 19.0. The largest absolute Gasteiger partial charge is 0.494 e. The van der Waals surface area contributed by atoms with Crippen LogP contribution in [0.3, 0.4) is 0 Å². The summed E-state index contributed by atoms with van der Waals surface area (Å²) in [5.41, 5.74) is 1.98. The molecule has 2 atom stereocenters. The molecule has 0 saturated carbocycles. The molecule has 1 aliphatic rings. The summed E-state index contributed by atoms with van der Waals surface area (Å²) in [6.07, 6.45) is 0.849. The standard InChI is InChI=1S/C22H26N2O4/c1-2-27-18-13-7-6-9-16(18)12-8-14-23-22(26)21-20(24-19(25)15-28-21)17-10-4-3-5-11-17/h3-7,9-11,13,20-21H,2,8,12,14-15H2,1H3,(H,23,26)(H,24,25)/t20-,21+/m1/s1. The number of hydrogen-bond acceptors (Lipinski definition) is 4. The van der Waals surface area contributed by atoms with Gasteiger partial charge in [-0.1, -0.05) is 48.5 Å². The van der Waals surface area contributed by atoms with Gasteiger partial charge in [-0.25, -0.2) is 0 Å². The van der Waals surface area contributed by atoms with Crippen LogP contribution in [0.15, 0.2) is 54.6 Å². The third kappa shape index (κ3) is 5.10. The number of rotatable bonds is 8. The van der Waals surface area contributed by atoms with Gasteiger partial charge < -0.3 is 20.1 Å². The van der Waals surface area contributed by atoms with Crippen molar-refractivity contribution in [3.8, 4) is 5.75 Å². The van der Waals surface area contributed by atoms with Crippen LogP contribution in [0, 0.1) is 0 Å². The molecule has 1 heterocycles. The lowest BCUT2D eigenvalue weighted by molar-refractivity contribution is -0.148. The lowest BCUT2D eigenvalue weighted by Gasteiger charge is -2.31. The van der Waals surface area contributed by atoms with Crippen LogP contribution in [-0.2, 0) is 20.7 Å². The van der Waals surface area contributed by atoms with Crippen LogP contribution in [0.4, 0.5) is 0 Å². The lowest BCUT2D eigenvalue weighted by Crippen LogP contribution is -2.52. The van der Waals surface area contributed by atoms with Gasteiger partial charge in [-0.05, 0) is 37.0 Å². The number of aryl methyl sites for hydroxylation is 1. The molecule has 148 valence electrons. The number of morpholine rings is 1. The second-order valence-corrected chi connectivity index (χ2v) is 6.62. The molecule has 6 nitrogen and oxygen atoms in total. The number of nitrogens with one attached hydrogen (secondary N) is 2. The molecule has 2 amide bonds. The Labute approximate surface area is 165 Å². The smallest absolute Gasteiger partial charge is 0.251 e. The van der Waals surface area contributed by atoms with Gasteiger partial charge in [-0.3, -0.25) is 9.59 Å². The van der Waals surface area contributed by atoms with Gasteiger partial charge in [0, 0.05) is 6.54 Å². The minimum absolute atomic E-state index is 0.108. The Morgan fingerprint density at radius 1 is 1.18 bits per heavy atom. The Morgan fingerprint density at radius 3 is 2.71 bits per heavy atom. The van der Waals surface area contributed by atoms with Crippen molar-refractivity contribution >= 4 is 11.8 Å². The SMILES string of the molecule is CCOc1ccccc1CCCNC(=O)[C@H]1OCC(=O)N[C@@H]1c1ccccc1. The Morgan fingerprint density at radius 2 is 1.93 bits per heavy atom. The van der Waals surface area contributed by atoms with E-state index >= 15 is 0 Å². The number of ether oxygens (including phenoxy) is 2. The number of benzene rings is 2. The summed E-state index contributed by atoms with van der Waals surface area (Å²) in [5.74, 6) is 0.455. The third-order valence-electron chi connectivity index (χ3n) is 4.62. The molecule has 0 spiro atoms. The van der Waals surface area contributed by atoms with Crippen molar-refractivity contribution < 1.29 is 19.1 Å². The first-order valence-electron chi connectivity index (χ1n) is 9.63. The van der Waals surface area contributed by atoms with E-state index < -0.39 is 12.1 Å². The van der Waals surface area contributed by atoms with Crippen molar-refractivity contribution in [3.63, 3.8) is 0 Å². The number of hydrogen-bond donors (Lipinski definition) is 2. The van der Waals surface area contributed by atoms with Gasteiger partial charge in [0.2, 0.25) is 5.91 Å². The molecule has 1 saturated heterocycles. The maximum Gasteiger partial charge on any atom is 0.251 e. The molecule has 0 radical (unpaired) electrons. The van der Waals surface area contributed by atoms with Crippen LogP contribution in [-0.4, -0.2) is 37.7 Å². The molecular weight excluding hydrogens is 356 g/mol. The topological polar surface area (TPSA) is 76.7 Å². The molecule has 3 rings (SSSR count). The van der Waals surface area contributed by atoms with Crippen molar-refractivity contribution in [1.82, 2.24) is 10.6 Å². The fourth-order valence-electron chi connectivity index (χ4n) is 3.30. The van der Waals surface area contributed by atoms with E-state index in [0.29, 0.717) is 13.2 Å². The maximum absolute atomic E-state index is 12.7. The summed E-state index contributed by atoms with van der Waals surface area (Å²) < 4.78 is 11.2. The molecule has 0 aliphatic carbocycles. The van der Waals surface area contributed by atoms with E-state index in [-0.39, 0.29) is 18.4 Å². The van der Waals surface area contributed by atoms with Crippen LogP contribution < -0.4 is 15.4 Å². The third-order valence-corrected chi connectivity index (χ3v) is 4.62. The highest BCUT2D eigenvalue weighted by Crippen LogP contribution is 2.23. The highest BCUT2D eigenvalue weighted by atomic mass is 16.5. The highest BCUT2D eigenvalue weighted by Gasteiger charge is 2.35. The Hall–Kier alpha value is -2.86. The van der Waals surface area contributed by atoms with Gasteiger partial charge >= 0.3 is 0 Å². The van der Waals surface area contributed by atoms with E-state index in [1.807, 2.05) is 61.5 Å². The number of carbonyl (C=O) groups excluding carboxylic acids is 2. The highest BCUT2D eigenvalue weighted by molar-refractivity contribution is 5.86. The maximum atomic E-state index is 12.7. The molecular formula is C22H26N2O4. The first-order valence-corrected chi connectivity index (χ1v) is 9.63. The summed E-state index contributed by atoms with van der Waals surface area (Å²) >= 11 is 0. The van der Waals surface area contributed by atoms with Gasteiger partial charge in [0.05, 0.1) is 12.6 Å². The molecule has 2 N–H and O–H groups in total. The van der Waals surface area contributed by atoms with Crippen LogP contribution in [0.2, 0.25) is 0 Å². The summed E-state index contributed by atoms with van der Waals surface area (Å²) in [6, 6.07) is 16.9. The average molecular weight is 382 g/mol. The second-order valence-electron chi connectivity index (χ2n) is 6.62. The van der Waals surface area contributed by atoms with Crippen molar-refractivity contribution in [2.45, 2.75) is 31.9 Å². The van der Waals surface area contributed by atoms with Gasteiger partial charge in [0.1, 0.15) is 12.4 Å². The Kier molecular flexibility index (Phi) is 7.03. The van der Waals surface area contributed by atoms with Gasteiger partial charge in [0.25, 0.3) is 5.91 Å². The van der Waals surface area contributed by atoms with Crippen molar-refractivity contribution in [2.75, 3.05) is 19.8 Å². The number of carbonyl (C=O) groups is 2. The first-order chi connectivity index (χ1) is 13.7. The predicted molar refractivity (Wildman–Crippen MR) is 106 cm³/mol. The van der Waals surface area contributed by atoms with Crippen LogP contribution in [0.5, 0.6) is 5.75 Å². The molecule has 1 aliphatic heterocycles. The van der Waals surface area contributed by atoms with E-state index in [0.717, 1.165) is 29.7 Å². The molecule has 0 aromatic heterocycles. The summed E-state index contributed by atoms with van der Waals surface area (Å²) in [4.78, 5) is 24.4. The van der Waals surface area contributed by atoms with E-state index in [1.165, 1.54) is 0 Å². The molecule has 0 unspecified atom stereocenters. The zero-order valence-electron chi connectivity index (χ0n) is 16.0. The van der Waals surface area contributed by atoms with Crippen LogP contribution in [0.1, 0.15) is 30.5 Å². The number of para-hydroxylation sites is 1. The Bertz CT molecular complexity index is 794. The summed E-state index contributed by atoms with van der Waals surface area (Å²) in [6.45, 7) is 3.00. The van der Waals surface area contributed by atoms with Crippen molar-refractivity contribution in [2.24, 2.45) is 0 Å². The monoisotopic (exact) mass is 382 g/mol.